The van der Waals surface area contributed by atoms with E-state index >= 15 is 0 Å². The van der Waals surface area contributed by atoms with E-state index in [1.54, 1.807) is 40.8 Å². The van der Waals surface area contributed by atoms with Gasteiger partial charge in [0, 0.05) is 43.7 Å². The summed E-state index contributed by atoms with van der Waals surface area (Å²) in [7, 11) is 1.79. The van der Waals surface area contributed by atoms with Gasteiger partial charge in [0.2, 0.25) is 17.8 Å². The van der Waals surface area contributed by atoms with Gasteiger partial charge in [-0.3, -0.25) is 19.7 Å². The molecule has 39 heavy (non-hydrogen) atoms. The highest BCUT2D eigenvalue weighted by molar-refractivity contribution is 6.04. The summed E-state index contributed by atoms with van der Waals surface area (Å²) >= 11 is 0. The van der Waals surface area contributed by atoms with Crippen molar-refractivity contribution in [1.29, 1.82) is 5.26 Å². The van der Waals surface area contributed by atoms with Gasteiger partial charge in [-0.2, -0.15) is 5.26 Å². The SMILES string of the molecule is CN(C(=O)C1CCCCC1)c1ccc2c(c1)nc(NC(=O)c1ccc(C#N)cc1)n2CCC(=O)NCCCN. The number of carbonyl (C=O) groups excluding carboxylic acids is 3. The number of aryl methyl sites for hydroxylation is 1. The van der Waals surface area contributed by atoms with Crippen LogP contribution in [-0.4, -0.2) is 47.4 Å². The van der Waals surface area contributed by atoms with Gasteiger partial charge in [0.15, 0.2) is 0 Å². The second-order valence-corrected chi connectivity index (χ2v) is 9.88. The zero-order valence-electron chi connectivity index (χ0n) is 22.3. The Kier molecular flexibility index (Phi) is 9.28. The molecule has 0 atom stereocenters. The van der Waals surface area contributed by atoms with Crippen molar-refractivity contribution in [2.45, 2.75) is 51.5 Å². The Balaban J connectivity index is 1.59. The van der Waals surface area contributed by atoms with Crippen LogP contribution in [0.3, 0.4) is 0 Å². The Hall–Kier alpha value is -4.23. The van der Waals surface area contributed by atoms with Crippen LogP contribution in [0, 0.1) is 17.2 Å². The lowest BCUT2D eigenvalue weighted by molar-refractivity contribution is -0.123. The minimum absolute atomic E-state index is 0.0389. The fraction of sp³-hybridized carbons (Fsp3) is 0.414. The monoisotopic (exact) mass is 529 g/mol. The molecule has 1 aliphatic rings. The van der Waals surface area contributed by atoms with Crippen LogP contribution in [-0.2, 0) is 16.1 Å². The van der Waals surface area contributed by atoms with E-state index < -0.39 is 0 Å². The highest BCUT2D eigenvalue weighted by Crippen LogP contribution is 2.29. The number of benzene rings is 2. The Morgan fingerprint density at radius 2 is 1.87 bits per heavy atom. The smallest absolute Gasteiger partial charge is 0.257 e. The molecule has 10 heteroatoms. The first-order valence-corrected chi connectivity index (χ1v) is 13.5. The number of rotatable bonds is 10. The molecular formula is C29H35N7O3. The normalized spacial score (nSPS) is 13.6. The lowest BCUT2D eigenvalue weighted by Gasteiger charge is -2.26. The predicted octanol–water partition coefficient (Wildman–Crippen LogP) is 3.56. The summed E-state index contributed by atoms with van der Waals surface area (Å²) in [5.41, 5.74) is 8.42. The number of nitrogens with one attached hydrogen (secondary N) is 2. The highest BCUT2D eigenvalue weighted by atomic mass is 16.2. The molecule has 0 unspecified atom stereocenters. The summed E-state index contributed by atoms with van der Waals surface area (Å²) in [5, 5.41) is 14.7. The summed E-state index contributed by atoms with van der Waals surface area (Å²) in [4.78, 5) is 44.9. The van der Waals surface area contributed by atoms with Gasteiger partial charge in [-0.05, 0) is 68.3 Å². The first-order valence-electron chi connectivity index (χ1n) is 13.5. The average molecular weight is 530 g/mol. The predicted molar refractivity (Wildman–Crippen MR) is 150 cm³/mol. The van der Waals surface area contributed by atoms with E-state index in [9.17, 15) is 14.4 Å². The molecule has 1 fully saturated rings. The molecule has 1 aliphatic carbocycles. The summed E-state index contributed by atoms with van der Waals surface area (Å²) in [6.07, 6.45) is 6.06. The van der Waals surface area contributed by atoms with Crippen LogP contribution in [0.25, 0.3) is 11.0 Å². The molecule has 1 heterocycles. The number of aromatic nitrogens is 2. The van der Waals surface area contributed by atoms with Gasteiger partial charge in [0.1, 0.15) is 0 Å². The topological polar surface area (TPSA) is 146 Å². The Labute approximate surface area is 228 Å². The van der Waals surface area contributed by atoms with Crippen molar-refractivity contribution in [3.63, 3.8) is 0 Å². The van der Waals surface area contributed by atoms with E-state index in [4.69, 9.17) is 11.0 Å². The number of carbonyl (C=O) groups is 3. The van der Waals surface area contributed by atoms with E-state index in [1.807, 2.05) is 24.3 Å². The minimum Gasteiger partial charge on any atom is -0.356 e. The standard InChI is InChI=1S/C29H35N7O3/c1-35(28(39)22-6-3-2-4-7-22)23-12-13-25-24(18-23)33-29(36(25)17-14-26(37)32-16-5-15-30)34-27(38)21-10-8-20(19-31)9-11-21/h8-13,18,22H,2-7,14-17,30H2,1H3,(H,32,37)(H,33,34,38). The van der Waals surface area contributed by atoms with Gasteiger partial charge >= 0.3 is 0 Å². The zero-order chi connectivity index (χ0) is 27.8. The van der Waals surface area contributed by atoms with E-state index in [0.717, 1.165) is 36.9 Å². The van der Waals surface area contributed by atoms with Crippen molar-refractivity contribution in [2.75, 3.05) is 30.4 Å². The molecule has 2 aromatic carbocycles. The molecule has 1 aromatic heterocycles. The zero-order valence-corrected chi connectivity index (χ0v) is 22.3. The first kappa shape index (κ1) is 27.8. The molecule has 3 aromatic rings. The minimum atomic E-state index is -0.381. The highest BCUT2D eigenvalue weighted by Gasteiger charge is 2.25. The van der Waals surface area contributed by atoms with Crippen molar-refractivity contribution >= 4 is 40.4 Å². The quantitative estimate of drug-likeness (QED) is 0.342. The second kappa shape index (κ2) is 13.0. The van der Waals surface area contributed by atoms with Gasteiger partial charge < -0.3 is 20.5 Å². The molecule has 0 aliphatic heterocycles. The summed E-state index contributed by atoms with van der Waals surface area (Å²) < 4.78 is 1.80. The van der Waals surface area contributed by atoms with Crippen LogP contribution < -0.4 is 21.3 Å². The van der Waals surface area contributed by atoms with Gasteiger partial charge in [0.25, 0.3) is 5.91 Å². The molecule has 3 amide bonds. The summed E-state index contributed by atoms with van der Waals surface area (Å²) in [6.45, 7) is 1.30. The van der Waals surface area contributed by atoms with Gasteiger partial charge in [-0.1, -0.05) is 19.3 Å². The van der Waals surface area contributed by atoms with Crippen molar-refractivity contribution in [3.05, 3.63) is 53.6 Å². The van der Waals surface area contributed by atoms with Crippen LogP contribution >= 0.6 is 0 Å². The third-order valence-electron chi connectivity index (χ3n) is 7.17. The second-order valence-electron chi connectivity index (χ2n) is 9.88. The molecule has 0 spiro atoms. The Morgan fingerprint density at radius 1 is 1.13 bits per heavy atom. The van der Waals surface area contributed by atoms with Crippen molar-refractivity contribution in [1.82, 2.24) is 14.9 Å². The Bertz CT molecular complexity index is 1370. The molecular weight excluding hydrogens is 494 g/mol. The number of imidazole rings is 1. The van der Waals surface area contributed by atoms with Crippen molar-refractivity contribution in [3.8, 4) is 6.07 Å². The Morgan fingerprint density at radius 3 is 2.56 bits per heavy atom. The molecule has 204 valence electrons. The molecule has 10 nitrogen and oxygen atoms in total. The summed E-state index contributed by atoms with van der Waals surface area (Å²) in [5.74, 6) is -0.0566. The summed E-state index contributed by atoms with van der Waals surface area (Å²) in [6, 6.07) is 13.9. The van der Waals surface area contributed by atoms with Gasteiger partial charge in [0.05, 0.1) is 22.7 Å². The number of nitriles is 1. The number of hydrogen-bond acceptors (Lipinski definition) is 6. The van der Waals surface area contributed by atoms with E-state index in [-0.39, 0.29) is 30.1 Å². The van der Waals surface area contributed by atoms with Crippen LogP contribution in [0.5, 0.6) is 0 Å². The molecule has 4 rings (SSSR count). The average Bonchev–Trinajstić information content (AvgIpc) is 3.31. The van der Waals surface area contributed by atoms with Crippen molar-refractivity contribution < 1.29 is 14.4 Å². The molecule has 1 saturated carbocycles. The third kappa shape index (κ3) is 6.81. The van der Waals surface area contributed by atoms with Gasteiger partial charge in [-0.25, -0.2) is 4.98 Å². The van der Waals surface area contributed by atoms with Crippen LogP contribution in [0.4, 0.5) is 11.6 Å². The number of anilines is 2. The lowest BCUT2D eigenvalue weighted by Crippen LogP contribution is -2.33. The maximum absolute atomic E-state index is 13.1. The molecule has 4 N–H and O–H groups in total. The van der Waals surface area contributed by atoms with Crippen LogP contribution in [0.15, 0.2) is 42.5 Å². The maximum Gasteiger partial charge on any atom is 0.257 e. The number of amides is 3. The van der Waals surface area contributed by atoms with Crippen LogP contribution in [0.2, 0.25) is 0 Å². The molecule has 0 saturated heterocycles. The first-order chi connectivity index (χ1) is 18.9. The van der Waals surface area contributed by atoms with E-state index in [2.05, 4.69) is 15.6 Å². The number of nitrogens with two attached hydrogens (primary N) is 1. The number of nitrogens with zero attached hydrogens (tertiary/aromatic N) is 4. The van der Waals surface area contributed by atoms with Crippen molar-refractivity contribution in [2.24, 2.45) is 11.7 Å². The largest absolute Gasteiger partial charge is 0.356 e. The van der Waals surface area contributed by atoms with E-state index in [0.29, 0.717) is 48.6 Å². The van der Waals surface area contributed by atoms with Crippen LogP contribution in [0.1, 0.15) is 60.9 Å². The molecule has 0 radical (unpaired) electrons. The lowest BCUT2D eigenvalue weighted by atomic mass is 9.88. The molecule has 0 bridgehead atoms. The fourth-order valence-corrected chi connectivity index (χ4v) is 4.90. The fourth-order valence-electron chi connectivity index (χ4n) is 4.90. The van der Waals surface area contributed by atoms with Gasteiger partial charge in [-0.15, -0.1) is 0 Å². The number of hydrogen-bond donors (Lipinski definition) is 3. The van der Waals surface area contributed by atoms with E-state index in [1.165, 1.54) is 6.42 Å². The third-order valence-corrected chi connectivity index (χ3v) is 7.17. The number of fused-ring (bicyclic) bond motifs is 1. The maximum atomic E-state index is 13.1.